The van der Waals surface area contributed by atoms with Gasteiger partial charge in [0.2, 0.25) is 5.82 Å². The third-order valence-electron chi connectivity index (χ3n) is 5.41. The first-order valence-electron chi connectivity index (χ1n) is 9.98. The van der Waals surface area contributed by atoms with E-state index in [1.807, 2.05) is 6.92 Å². The first kappa shape index (κ1) is 24.3. The Morgan fingerprint density at radius 2 is 1.94 bits per heavy atom. The van der Waals surface area contributed by atoms with E-state index < -0.39 is 26.3 Å². The van der Waals surface area contributed by atoms with E-state index in [1.165, 1.54) is 18.5 Å². The summed E-state index contributed by atoms with van der Waals surface area (Å²) >= 11 is 0. The highest BCUT2D eigenvalue weighted by Gasteiger charge is 2.43. The van der Waals surface area contributed by atoms with Crippen molar-refractivity contribution >= 4 is 15.7 Å². The minimum Gasteiger partial charge on any atom is -0.484 e. The Kier molecular flexibility index (Phi) is 7.13. The van der Waals surface area contributed by atoms with Gasteiger partial charge in [0.1, 0.15) is 16.3 Å². The van der Waals surface area contributed by atoms with E-state index >= 15 is 0 Å². The number of aryl methyl sites for hydroxylation is 2. The van der Waals surface area contributed by atoms with Crippen molar-refractivity contribution in [1.82, 2.24) is 15.6 Å². The predicted octanol–water partition coefficient (Wildman–Crippen LogP) is 3.00. The number of halogens is 1. The number of carbonyl (C=O) groups is 1. The monoisotopic (exact) mass is 477 g/mol. The van der Waals surface area contributed by atoms with E-state index in [9.17, 15) is 17.6 Å². The van der Waals surface area contributed by atoms with Gasteiger partial charge in [-0.1, -0.05) is 28.9 Å². The van der Waals surface area contributed by atoms with Gasteiger partial charge in [-0.05, 0) is 56.5 Å². The Bertz CT molecular complexity index is 1240. The number of hydrogen-bond donors (Lipinski definition) is 2. The molecular formula is C22H24FN3O6S. The van der Waals surface area contributed by atoms with Gasteiger partial charge in [-0.3, -0.25) is 10.0 Å². The average molecular weight is 478 g/mol. The topological polar surface area (TPSA) is 132 Å². The fourth-order valence-corrected chi connectivity index (χ4v) is 3.95. The zero-order valence-electron chi connectivity index (χ0n) is 18.3. The van der Waals surface area contributed by atoms with E-state index in [1.54, 1.807) is 36.4 Å². The van der Waals surface area contributed by atoms with Crippen molar-refractivity contribution in [3.05, 3.63) is 65.3 Å². The summed E-state index contributed by atoms with van der Waals surface area (Å²) in [5.74, 6) is -0.624. The molecule has 2 aromatic carbocycles. The summed E-state index contributed by atoms with van der Waals surface area (Å²) in [5.41, 5.74) is 3.31. The van der Waals surface area contributed by atoms with Gasteiger partial charge in [0.25, 0.3) is 11.8 Å². The predicted molar refractivity (Wildman–Crippen MR) is 117 cm³/mol. The number of amides is 1. The van der Waals surface area contributed by atoms with Crippen LogP contribution in [0.15, 0.2) is 47.0 Å². The molecule has 1 unspecified atom stereocenters. The van der Waals surface area contributed by atoms with Crippen LogP contribution in [-0.2, 0) is 27.7 Å². The Morgan fingerprint density at radius 1 is 1.24 bits per heavy atom. The Labute approximate surface area is 190 Å². The summed E-state index contributed by atoms with van der Waals surface area (Å²) < 4.78 is 47.1. The summed E-state index contributed by atoms with van der Waals surface area (Å²) in [4.78, 5) is 16.1. The quantitative estimate of drug-likeness (QED) is 0.355. The molecule has 11 heteroatoms. The molecule has 0 aliphatic carbocycles. The number of rotatable bonds is 9. The molecule has 1 atom stereocenters. The van der Waals surface area contributed by atoms with Crippen molar-refractivity contribution in [3.8, 4) is 17.1 Å². The molecule has 2 N–H and O–H groups in total. The van der Waals surface area contributed by atoms with Gasteiger partial charge >= 0.3 is 0 Å². The summed E-state index contributed by atoms with van der Waals surface area (Å²) in [6, 6.07) is 11.4. The Morgan fingerprint density at radius 3 is 2.58 bits per heavy atom. The molecule has 176 valence electrons. The van der Waals surface area contributed by atoms with E-state index in [2.05, 4.69) is 10.1 Å². The molecule has 0 fully saturated rings. The molecular weight excluding hydrogens is 453 g/mol. The SMILES string of the molecule is Cc1ccc(F)c(-c2noc(COc3ccc(CCC(C)(C(=O)NO)S(C)(=O)=O)cc3)n2)c1. The van der Waals surface area contributed by atoms with Crippen molar-refractivity contribution in [2.45, 2.75) is 38.0 Å². The second kappa shape index (κ2) is 9.67. The van der Waals surface area contributed by atoms with Crippen molar-refractivity contribution in [2.75, 3.05) is 6.26 Å². The molecule has 0 bridgehead atoms. The second-order valence-electron chi connectivity index (χ2n) is 7.87. The molecule has 0 spiro atoms. The van der Waals surface area contributed by atoms with Crippen molar-refractivity contribution < 1.29 is 32.1 Å². The lowest BCUT2D eigenvalue weighted by Gasteiger charge is -2.25. The molecule has 1 aromatic heterocycles. The number of sulfone groups is 1. The van der Waals surface area contributed by atoms with Crippen LogP contribution in [-0.4, -0.2) is 40.7 Å². The van der Waals surface area contributed by atoms with Crippen LogP contribution in [0.1, 0.15) is 30.4 Å². The summed E-state index contributed by atoms with van der Waals surface area (Å²) in [6.07, 6.45) is 1.22. The molecule has 0 aliphatic heterocycles. The maximum Gasteiger partial charge on any atom is 0.264 e. The van der Waals surface area contributed by atoms with Crippen LogP contribution in [0, 0.1) is 12.7 Å². The van der Waals surface area contributed by atoms with Crippen LogP contribution in [0.3, 0.4) is 0 Å². The maximum atomic E-state index is 14.0. The van der Waals surface area contributed by atoms with Crippen LogP contribution in [0.5, 0.6) is 5.75 Å². The number of hydrogen-bond acceptors (Lipinski definition) is 8. The van der Waals surface area contributed by atoms with Crippen molar-refractivity contribution in [1.29, 1.82) is 0 Å². The Hall–Kier alpha value is -3.31. The molecule has 0 saturated heterocycles. The smallest absolute Gasteiger partial charge is 0.264 e. The van der Waals surface area contributed by atoms with Gasteiger partial charge in [-0.15, -0.1) is 0 Å². The van der Waals surface area contributed by atoms with Crippen LogP contribution >= 0.6 is 0 Å². The normalized spacial score (nSPS) is 13.4. The van der Waals surface area contributed by atoms with E-state index in [-0.39, 0.29) is 36.7 Å². The highest BCUT2D eigenvalue weighted by molar-refractivity contribution is 7.92. The number of carbonyl (C=O) groups excluding carboxylic acids is 1. The minimum atomic E-state index is -3.76. The van der Waals surface area contributed by atoms with E-state index in [0.29, 0.717) is 5.75 Å². The number of ether oxygens (including phenoxy) is 1. The van der Waals surface area contributed by atoms with Gasteiger partial charge < -0.3 is 9.26 Å². The molecule has 0 aliphatic rings. The highest BCUT2D eigenvalue weighted by Crippen LogP contribution is 2.25. The molecule has 33 heavy (non-hydrogen) atoms. The minimum absolute atomic E-state index is 0.0152. The zero-order chi connectivity index (χ0) is 24.2. The maximum absolute atomic E-state index is 14.0. The second-order valence-corrected chi connectivity index (χ2v) is 10.3. The molecule has 9 nitrogen and oxygen atoms in total. The zero-order valence-corrected chi connectivity index (χ0v) is 19.1. The van der Waals surface area contributed by atoms with Crippen LogP contribution < -0.4 is 10.2 Å². The summed E-state index contributed by atoms with van der Waals surface area (Å²) in [6.45, 7) is 3.08. The average Bonchev–Trinajstić information content (AvgIpc) is 3.25. The van der Waals surface area contributed by atoms with Crippen LogP contribution in [0.4, 0.5) is 4.39 Å². The van der Waals surface area contributed by atoms with Crippen molar-refractivity contribution in [3.63, 3.8) is 0 Å². The first-order chi connectivity index (χ1) is 15.5. The van der Waals surface area contributed by atoms with Crippen LogP contribution in [0.25, 0.3) is 11.4 Å². The molecule has 3 rings (SSSR count). The van der Waals surface area contributed by atoms with E-state index in [4.69, 9.17) is 14.5 Å². The number of aromatic nitrogens is 2. The lowest BCUT2D eigenvalue weighted by molar-refractivity contribution is -0.131. The number of nitrogens with zero attached hydrogens (tertiary/aromatic N) is 2. The summed E-state index contributed by atoms with van der Waals surface area (Å²) in [7, 11) is -3.76. The molecule has 1 heterocycles. The lowest BCUT2D eigenvalue weighted by Crippen LogP contribution is -2.49. The molecule has 0 saturated carbocycles. The highest BCUT2D eigenvalue weighted by atomic mass is 32.2. The Balaban J connectivity index is 1.61. The van der Waals surface area contributed by atoms with Gasteiger partial charge in [0.15, 0.2) is 16.4 Å². The third kappa shape index (κ3) is 5.55. The number of nitrogens with one attached hydrogen (secondary N) is 1. The largest absolute Gasteiger partial charge is 0.484 e. The van der Waals surface area contributed by atoms with Crippen LogP contribution in [0.2, 0.25) is 0 Å². The molecule has 0 radical (unpaired) electrons. The van der Waals surface area contributed by atoms with E-state index in [0.717, 1.165) is 17.4 Å². The molecule has 1 amide bonds. The van der Waals surface area contributed by atoms with Crippen molar-refractivity contribution in [2.24, 2.45) is 0 Å². The number of hydroxylamine groups is 1. The van der Waals surface area contributed by atoms with Gasteiger partial charge in [-0.2, -0.15) is 4.98 Å². The van der Waals surface area contributed by atoms with Gasteiger partial charge in [-0.25, -0.2) is 18.3 Å². The van der Waals surface area contributed by atoms with Gasteiger partial charge in [0, 0.05) is 6.26 Å². The standard InChI is InChI=1S/C22H24FN3O6S/c1-14-4-9-18(23)17(12-14)20-24-19(32-26-20)13-31-16-7-5-15(6-8-16)10-11-22(2,21(27)25-28)33(3,29)30/h4-9,12,28H,10-11,13H2,1-3H3,(H,25,27). The van der Waals surface area contributed by atoms with Gasteiger partial charge in [0.05, 0.1) is 5.56 Å². The summed E-state index contributed by atoms with van der Waals surface area (Å²) in [5, 5.41) is 12.7. The number of benzene rings is 2. The third-order valence-corrected chi connectivity index (χ3v) is 7.43. The fourth-order valence-electron chi connectivity index (χ4n) is 3.10. The molecule has 3 aromatic rings. The fraction of sp³-hybridized carbons (Fsp3) is 0.318. The first-order valence-corrected chi connectivity index (χ1v) is 11.9. The lowest BCUT2D eigenvalue weighted by atomic mass is 9.99.